The summed E-state index contributed by atoms with van der Waals surface area (Å²) in [7, 11) is 0. The van der Waals surface area contributed by atoms with Gasteiger partial charge in [-0.15, -0.1) is 0 Å². The fourth-order valence-electron chi connectivity index (χ4n) is 1.63. The summed E-state index contributed by atoms with van der Waals surface area (Å²) in [5.41, 5.74) is 3.63. The first-order chi connectivity index (χ1) is 10.3. The van der Waals surface area contributed by atoms with Crippen molar-refractivity contribution in [3.63, 3.8) is 0 Å². The summed E-state index contributed by atoms with van der Waals surface area (Å²) < 4.78 is 10.3. The molecule has 3 N–H and O–H groups in total. The summed E-state index contributed by atoms with van der Waals surface area (Å²) >= 11 is 0. The number of hydrogen-bond acceptors (Lipinski definition) is 6. The van der Waals surface area contributed by atoms with Gasteiger partial charge in [-0.3, -0.25) is 0 Å². The molecule has 0 bridgehead atoms. The molecule has 0 saturated carbocycles. The lowest BCUT2D eigenvalue weighted by Crippen LogP contribution is -2.52. The smallest absolute Gasteiger partial charge is 0.420 e. The number of carboxylic acids is 1. The van der Waals surface area contributed by atoms with Crippen LogP contribution in [0.2, 0.25) is 0 Å². The van der Waals surface area contributed by atoms with Crippen LogP contribution in [0.1, 0.15) is 54.4 Å². The number of carbonyl (C=O) groups is 3. The van der Waals surface area contributed by atoms with E-state index in [4.69, 9.17) is 15.2 Å². The van der Waals surface area contributed by atoms with Crippen molar-refractivity contribution in [2.45, 2.75) is 71.6 Å². The Kier molecular flexibility index (Phi) is 7.50. The van der Waals surface area contributed by atoms with Crippen LogP contribution in [-0.2, 0) is 14.3 Å². The number of nitrogens with two attached hydrogens (primary N) is 1. The molecule has 8 nitrogen and oxygen atoms in total. The predicted octanol–water partition coefficient (Wildman–Crippen LogP) is 2.35. The average Bonchev–Trinajstić information content (AvgIpc) is 2.28. The van der Waals surface area contributed by atoms with Crippen molar-refractivity contribution in [2.24, 2.45) is 5.73 Å². The van der Waals surface area contributed by atoms with Crippen LogP contribution >= 0.6 is 0 Å². The molecule has 2 amide bonds. The van der Waals surface area contributed by atoms with Crippen molar-refractivity contribution < 1.29 is 29.0 Å². The van der Waals surface area contributed by atoms with Crippen LogP contribution in [0.5, 0.6) is 0 Å². The molecule has 0 aliphatic heterocycles. The average molecular weight is 332 g/mol. The fraction of sp³-hybridized carbons (Fsp3) is 0.800. The van der Waals surface area contributed by atoms with Gasteiger partial charge >= 0.3 is 18.2 Å². The summed E-state index contributed by atoms with van der Waals surface area (Å²) in [4.78, 5) is 36.6. The van der Waals surface area contributed by atoms with E-state index in [1.165, 1.54) is 0 Å². The molecule has 134 valence electrons. The van der Waals surface area contributed by atoms with Crippen LogP contribution in [0.4, 0.5) is 9.59 Å². The van der Waals surface area contributed by atoms with E-state index in [1.807, 2.05) is 0 Å². The third kappa shape index (κ3) is 8.39. The van der Waals surface area contributed by atoms with E-state index in [9.17, 15) is 19.5 Å². The zero-order chi connectivity index (χ0) is 18.4. The number of ether oxygens (including phenoxy) is 2. The van der Waals surface area contributed by atoms with Gasteiger partial charge in [0.1, 0.15) is 17.2 Å². The largest absolute Gasteiger partial charge is 0.480 e. The Morgan fingerprint density at radius 2 is 1.39 bits per heavy atom. The highest BCUT2D eigenvalue weighted by atomic mass is 16.6. The van der Waals surface area contributed by atoms with Crippen LogP contribution in [0, 0.1) is 0 Å². The van der Waals surface area contributed by atoms with Crippen molar-refractivity contribution in [2.75, 3.05) is 6.54 Å². The minimum Gasteiger partial charge on any atom is -0.480 e. The van der Waals surface area contributed by atoms with Gasteiger partial charge in [-0.1, -0.05) is 0 Å². The minimum absolute atomic E-state index is 0.0182. The van der Waals surface area contributed by atoms with E-state index in [-0.39, 0.29) is 13.0 Å². The Morgan fingerprint density at radius 1 is 1.00 bits per heavy atom. The normalized spacial score (nSPS) is 13.2. The number of hydrogen-bond donors (Lipinski definition) is 2. The molecule has 0 aromatic rings. The van der Waals surface area contributed by atoms with Crippen LogP contribution in [0.15, 0.2) is 0 Å². The molecule has 0 aliphatic rings. The van der Waals surface area contributed by atoms with Gasteiger partial charge in [-0.05, 0) is 60.9 Å². The standard InChI is InChI=1S/C15H28N2O6/c1-14(2,3)22-12(20)17(13(21)23-15(4,5)6)10(11(18)19)8-7-9-16/h10H,7-9,16H2,1-6H3,(H,18,19)/t10-/m0/s1. The van der Waals surface area contributed by atoms with Gasteiger partial charge in [-0.25, -0.2) is 14.4 Å². The second kappa shape index (κ2) is 8.14. The van der Waals surface area contributed by atoms with Crippen LogP contribution < -0.4 is 5.73 Å². The Balaban J connectivity index is 5.53. The Morgan fingerprint density at radius 3 is 1.65 bits per heavy atom. The predicted molar refractivity (Wildman–Crippen MR) is 84.0 cm³/mol. The van der Waals surface area contributed by atoms with E-state index in [0.29, 0.717) is 11.3 Å². The maximum Gasteiger partial charge on any atom is 0.420 e. The van der Waals surface area contributed by atoms with E-state index in [2.05, 4.69) is 0 Å². The fourth-order valence-corrected chi connectivity index (χ4v) is 1.63. The second-order valence-electron chi connectivity index (χ2n) is 7.12. The first-order valence-electron chi connectivity index (χ1n) is 7.46. The summed E-state index contributed by atoms with van der Waals surface area (Å²) in [6.45, 7) is 9.95. The lowest BCUT2D eigenvalue weighted by atomic mass is 10.1. The van der Waals surface area contributed by atoms with Gasteiger partial charge in [0.05, 0.1) is 0 Å². The highest BCUT2D eigenvalue weighted by Crippen LogP contribution is 2.19. The summed E-state index contributed by atoms with van der Waals surface area (Å²) in [5.74, 6) is -1.32. The lowest BCUT2D eigenvalue weighted by molar-refractivity contribution is -0.143. The number of aliphatic carboxylic acids is 1. The van der Waals surface area contributed by atoms with Gasteiger partial charge in [0, 0.05) is 0 Å². The van der Waals surface area contributed by atoms with E-state index >= 15 is 0 Å². The molecule has 0 rings (SSSR count). The molecule has 0 saturated heterocycles. The maximum absolute atomic E-state index is 12.3. The Bertz CT molecular complexity index is 408. The quantitative estimate of drug-likeness (QED) is 0.793. The number of rotatable bonds is 5. The SMILES string of the molecule is CC(C)(C)OC(=O)N(C(=O)OC(C)(C)C)[C@@H](CCCN)C(=O)O. The monoisotopic (exact) mass is 332 g/mol. The van der Waals surface area contributed by atoms with Gasteiger partial charge in [-0.2, -0.15) is 4.90 Å². The first-order valence-corrected chi connectivity index (χ1v) is 7.46. The molecule has 0 aromatic heterocycles. The van der Waals surface area contributed by atoms with Crippen molar-refractivity contribution in [3.8, 4) is 0 Å². The maximum atomic E-state index is 12.3. The molecule has 0 unspecified atom stereocenters. The van der Waals surface area contributed by atoms with Crippen molar-refractivity contribution in [1.29, 1.82) is 0 Å². The second-order valence-corrected chi connectivity index (χ2v) is 7.12. The molecule has 8 heteroatoms. The van der Waals surface area contributed by atoms with Crippen molar-refractivity contribution >= 4 is 18.2 Å². The number of carboxylic acid groups (broad SMARTS) is 1. The topological polar surface area (TPSA) is 119 Å². The van der Waals surface area contributed by atoms with E-state index in [0.717, 1.165) is 0 Å². The number of carbonyl (C=O) groups excluding carboxylic acids is 2. The summed E-state index contributed by atoms with van der Waals surface area (Å²) in [6.07, 6.45) is -1.77. The Labute approximate surface area is 136 Å². The zero-order valence-corrected chi connectivity index (χ0v) is 14.7. The highest BCUT2D eigenvalue weighted by molar-refractivity contribution is 5.93. The summed E-state index contributed by atoms with van der Waals surface area (Å²) in [5, 5.41) is 9.37. The van der Waals surface area contributed by atoms with E-state index in [1.54, 1.807) is 41.5 Å². The number of amides is 2. The molecular weight excluding hydrogens is 304 g/mol. The van der Waals surface area contributed by atoms with Crippen LogP contribution in [0.3, 0.4) is 0 Å². The van der Waals surface area contributed by atoms with Crippen molar-refractivity contribution in [3.05, 3.63) is 0 Å². The van der Waals surface area contributed by atoms with E-state index < -0.39 is 35.4 Å². The highest BCUT2D eigenvalue weighted by Gasteiger charge is 2.39. The van der Waals surface area contributed by atoms with Crippen molar-refractivity contribution in [1.82, 2.24) is 4.90 Å². The zero-order valence-electron chi connectivity index (χ0n) is 14.7. The van der Waals surface area contributed by atoms with Gasteiger partial charge in [0.2, 0.25) is 0 Å². The molecule has 0 radical (unpaired) electrons. The van der Waals surface area contributed by atoms with Crippen LogP contribution in [0.25, 0.3) is 0 Å². The third-order valence-corrected chi connectivity index (χ3v) is 2.46. The molecular formula is C15H28N2O6. The number of nitrogens with zero attached hydrogens (tertiary/aromatic N) is 1. The van der Waals surface area contributed by atoms with Gasteiger partial charge in [0.15, 0.2) is 0 Å². The number of imide groups is 1. The molecule has 0 aromatic carbocycles. The van der Waals surface area contributed by atoms with Crippen LogP contribution in [-0.4, -0.2) is 52.0 Å². The molecule has 23 heavy (non-hydrogen) atoms. The molecule has 0 spiro atoms. The summed E-state index contributed by atoms with van der Waals surface area (Å²) in [6, 6.07) is -1.40. The molecule has 1 atom stereocenters. The molecule has 0 aliphatic carbocycles. The molecule has 0 fully saturated rings. The molecule has 0 heterocycles. The van der Waals surface area contributed by atoms with Gasteiger partial charge in [0.25, 0.3) is 0 Å². The third-order valence-electron chi connectivity index (χ3n) is 2.46. The lowest BCUT2D eigenvalue weighted by Gasteiger charge is -2.31. The Hall–Kier alpha value is -1.83. The first kappa shape index (κ1) is 21.2. The van der Waals surface area contributed by atoms with Gasteiger partial charge < -0.3 is 20.3 Å². The minimum atomic E-state index is -1.40.